The Kier molecular flexibility index (Phi) is 3.97. The number of hydrogen-bond donors (Lipinski definition) is 0. The summed E-state index contributed by atoms with van der Waals surface area (Å²) in [6, 6.07) is 2.71. The maximum atomic E-state index is 13.0. The maximum Gasteiger partial charge on any atom is 0.341 e. The van der Waals surface area contributed by atoms with Gasteiger partial charge in [0.2, 0.25) is 0 Å². The Bertz CT molecular complexity index is 375. The Balaban J connectivity index is 2.69. The van der Waals surface area contributed by atoms with E-state index in [0.717, 1.165) is 12.1 Å². The van der Waals surface area contributed by atoms with Crippen LogP contribution >= 0.6 is 0 Å². The van der Waals surface area contributed by atoms with Crippen molar-refractivity contribution >= 4 is 5.97 Å². The first-order chi connectivity index (χ1) is 7.15. The summed E-state index contributed by atoms with van der Waals surface area (Å²) in [6.07, 6.45) is 2.07. The zero-order chi connectivity index (χ0) is 11.3. The largest absolute Gasteiger partial charge is 0.462 e. The molecule has 0 N–H and O–H groups in total. The molecule has 15 heavy (non-hydrogen) atoms. The lowest BCUT2D eigenvalue weighted by molar-refractivity contribution is 0.0506. The second kappa shape index (κ2) is 5.24. The molecule has 0 atom stereocenters. The molecule has 0 radical (unpaired) electrons. The Labute approximate surface area is 86.2 Å². The van der Waals surface area contributed by atoms with Gasteiger partial charge in [-0.05, 0) is 18.6 Å². The molecule has 0 heterocycles. The fourth-order valence-electron chi connectivity index (χ4n) is 0.968. The summed E-state index contributed by atoms with van der Waals surface area (Å²) in [4.78, 5) is 11.2. The van der Waals surface area contributed by atoms with E-state index in [1.54, 1.807) is 6.08 Å². The first-order valence-corrected chi connectivity index (χ1v) is 4.38. The van der Waals surface area contributed by atoms with Crippen LogP contribution in [0.5, 0.6) is 0 Å². The summed E-state index contributed by atoms with van der Waals surface area (Å²) in [6.45, 7) is 3.58. The lowest BCUT2D eigenvalue weighted by atomic mass is 10.2. The molecule has 1 aromatic carbocycles. The Morgan fingerprint density at radius 1 is 1.47 bits per heavy atom. The molecule has 0 aliphatic rings. The number of ether oxygens (including phenoxy) is 1. The Morgan fingerprint density at radius 3 is 2.80 bits per heavy atom. The number of hydrogen-bond acceptors (Lipinski definition) is 2. The first-order valence-electron chi connectivity index (χ1n) is 4.38. The number of esters is 1. The zero-order valence-corrected chi connectivity index (χ0v) is 8.00. The topological polar surface area (TPSA) is 26.3 Å². The fraction of sp³-hybridized carbons (Fsp3) is 0.182. The highest BCUT2D eigenvalue weighted by atomic mass is 19.1. The third-order valence-electron chi connectivity index (χ3n) is 1.71. The van der Waals surface area contributed by atoms with Gasteiger partial charge in [-0.2, -0.15) is 0 Å². The van der Waals surface area contributed by atoms with Gasteiger partial charge in [0.05, 0.1) is 12.2 Å². The molecular weight excluding hydrogens is 202 g/mol. The van der Waals surface area contributed by atoms with Crippen LogP contribution in [-0.4, -0.2) is 12.6 Å². The zero-order valence-electron chi connectivity index (χ0n) is 8.00. The highest BCUT2D eigenvalue weighted by molar-refractivity contribution is 5.89. The molecule has 0 saturated carbocycles. The van der Waals surface area contributed by atoms with Crippen molar-refractivity contribution in [1.29, 1.82) is 0 Å². The van der Waals surface area contributed by atoms with Gasteiger partial charge in [-0.3, -0.25) is 0 Å². The van der Waals surface area contributed by atoms with E-state index in [1.807, 2.05) is 0 Å². The summed E-state index contributed by atoms with van der Waals surface area (Å²) < 4.78 is 30.3. The van der Waals surface area contributed by atoms with E-state index < -0.39 is 17.6 Å². The van der Waals surface area contributed by atoms with Crippen molar-refractivity contribution in [2.24, 2.45) is 0 Å². The van der Waals surface area contributed by atoms with Crippen molar-refractivity contribution in [2.75, 3.05) is 6.61 Å². The second-order valence-corrected chi connectivity index (χ2v) is 2.84. The molecule has 0 aromatic heterocycles. The molecule has 0 saturated heterocycles. The number of halogens is 2. The van der Waals surface area contributed by atoms with Crippen molar-refractivity contribution in [3.05, 3.63) is 48.1 Å². The first kappa shape index (κ1) is 11.4. The fourth-order valence-corrected chi connectivity index (χ4v) is 0.968. The average molecular weight is 212 g/mol. The van der Waals surface area contributed by atoms with Gasteiger partial charge in [0.15, 0.2) is 0 Å². The van der Waals surface area contributed by atoms with E-state index >= 15 is 0 Å². The third-order valence-corrected chi connectivity index (χ3v) is 1.71. The third kappa shape index (κ3) is 3.16. The molecule has 1 aromatic rings. The molecule has 0 bridgehead atoms. The van der Waals surface area contributed by atoms with Crippen molar-refractivity contribution < 1.29 is 18.3 Å². The van der Waals surface area contributed by atoms with Gasteiger partial charge in [0.25, 0.3) is 0 Å². The smallest absolute Gasteiger partial charge is 0.341 e. The van der Waals surface area contributed by atoms with E-state index in [1.165, 1.54) is 0 Å². The minimum absolute atomic E-state index is 0.138. The summed E-state index contributed by atoms with van der Waals surface area (Å²) in [5.41, 5.74) is -0.263. The van der Waals surface area contributed by atoms with Crippen molar-refractivity contribution in [1.82, 2.24) is 0 Å². The minimum Gasteiger partial charge on any atom is -0.462 e. The predicted molar refractivity (Wildman–Crippen MR) is 51.5 cm³/mol. The Morgan fingerprint density at radius 2 is 2.20 bits per heavy atom. The van der Waals surface area contributed by atoms with Crippen LogP contribution in [0.25, 0.3) is 0 Å². The van der Waals surface area contributed by atoms with Gasteiger partial charge >= 0.3 is 5.97 Å². The quantitative estimate of drug-likeness (QED) is 0.435. The predicted octanol–water partition coefficient (Wildman–Crippen LogP) is 2.70. The van der Waals surface area contributed by atoms with Gasteiger partial charge in [0.1, 0.15) is 11.6 Å². The van der Waals surface area contributed by atoms with Crippen LogP contribution in [0.3, 0.4) is 0 Å². The van der Waals surface area contributed by atoms with E-state index in [9.17, 15) is 13.6 Å². The molecule has 0 unspecified atom stereocenters. The molecule has 1 rings (SSSR count). The van der Waals surface area contributed by atoms with Gasteiger partial charge in [0, 0.05) is 6.07 Å². The summed E-state index contributed by atoms with van der Waals surface area (Å²) in [5, 5.41) is 0. The molecule has 0 fully saturated rings. The van der Waals surface area contributed by atoms with Crippen LogP contribution in [0.15, 0.2) is 30.9 Å². The molecule has 80 valence electrons. The van der Waals surface area contributed by atoms with Crippen molar-refractivity contribution in [3.8, 4) is 0 Å². The van der Waals surface area contributed by atoms with Crippen LogP contribution < -0.4 is 0 Å². The average Bonchev–Trinajstić information content (AvgIpc) is 2.17. The van der Waals surface area contributed by atoms with Gasteiger partial charge in [-0.1, -0.05) is 6.08 Å². The van der Waals surface area contributed by atoms with Gasteiger partial charge in [-0.15, -0.1) is 6.58 Å². The maximum absolute atomic E-state index is 13.0. The minimum atomic E-state index is -0.918. The van der Waals surface area contributed by atoms with E-state index in [-0.39, 0.29) is 12.2 Å². The lowest BCUT2D eigenvalue weighted by Crippen LogP contribution is -2.08. The molecule has 0 amide bonds. The number of carbonyl (C=O) groups excluding carboxylic acids is 1. The normalized spacial score (nSPS) is 9.73. The lowest BCUT2D eigenvalue weighted by Gasteiger charge is -2.03. The summed E-state index contributed by atoms with van der Waals surface area (Å²) in [7, 11) is 0. The van der Waals surface area contributed by atoms with Crippen molar-refractivity contribution in [3.63, 3.8) is 0 Å². The summed E-state index contributed by atoms with van der Waals surface area (Å²) in [5.74, 6) is -2.44. The summed E-state index contributed by atoms with van der Waals surface area (Å²) >= 11 is 0. The van der Waals surface area contributed by atoms with Gasteiger partial charge in [-0.25, -0.2) is 13.6 Å². The van der Waals surface area contributed by atoms with E-state index in [4.69, 9.17) is 4.74 Å². The SMILES string of the molecule is C=CCCOC(=O)c1ccc(F)cc1F. The highest BCUT2D eigenvalue weighted by Crippen LogP contribution is 2.10. The van der Waals surface area contributed by atoms with Crippen LogP contribution in [0.1, 0.15) is 16.8 Å². The number of carbonyl (C=O) groups is 1. The van der Waals surface area contributed by atoms with Crippen molar-refractivity contribution in [2.45, 2.75) is 6.42 Å². The number of benzene rings is 1. The Hall–Kier alpha value is -1.71. The molecule has 4 heteroatoms. The molecule has 0 spiro atoms. The van der Waals surface area contributed by atoms with E-state index in [0.29, 0.717) is 12.5 Å². The highest BCUT2D eigenvalue weighted by Gasteiger charge is 2.13. The second-order valence-electron chi connectivity index (χ2n) is 2.84. The molecular formula is C11H10F2O2. The van der Waals surface area contributed by atoms with E-state index in [2.05, 4.69) is 6.58 Å². The van der Waals surface area contributed by atoms with Gasteiger partial charge < -0.3 is 4.74 Å². The monoisotopic (exact) mass is 212 g/mol. The molecule has 0 aliphatic carbocycles. The van der Waals surface area contributed by atoms with Crippen LogP contribution in [0, 0.1) is 11.6 Å². The van der Waals surface area contributed by atoms with Crippen LogP contribution in [0.4, 0.5) is 8.78 Å². The number of rotatable bonds is 4. The molecule has 0 aliphatic heterocycles. The molecule has 2 nitrogen and oxygen atoms in total. The van der Waals surface area contributed by atoms with Crippen LogP contribution in [0.2, 0.25) is 0 Å². The standard InChI is InChI=1S/C11H10F2O2/c1-2-3-6-15-11(14)9-5-4-8(12)7-10(9)13/h2,4-5,7H,1,3,6H2. The van der Waals surface area contributed by atoms with Crippen LogP contribution in [-0.2, 0) is 4.74 Å².